The van der Waals surface area contributed by atoms with Crippen LogP contribution in [0.5, 0.6) is 0 Å². The van der Waals surface area contributed by atoms with Gasteiger partial charge in [0.25, 0.3) is 0 Å². The molecule has 0 unspecified atom stereocenters. The Morgan fingerprint density at radius 1 is 1.38 bits per heavy atom. The van der Waals surface area contributed by atoms with Crippen LogP contribution in [0.3, 0.4) is 0 Å². The van der Waals surface area contributed by atoms with Gasteiger partial charge in [-0.25, -0.2) is 4.39 Å². The molecule has 2 rings (SSSR count). The maximum atomic E-state index is 13.2. The van der Waals surface area contributed by atoms with E-state index in [9.17, 15) is 9.18 Å². The molecule has 16 heavy (non-hydrogen) atoms. The van der Waals surface area contributed by atoms with Gasteiger partial charge in [-0.3, -0.25) is 4.79 Å². The van der Waals surface area contributed by atoms with Gasteiger partial charge in [-0.1, -0.05) is 30.4 Å². The van der Waals surface area contributed by atoms with Crippen molar-refractivity contribution in [3.63, 3.8) is 0 Å². The van der Waals surface area contributed by atoms with E-state index in [-0.39, 0.29) is 11.7 Å². The van der Waals surface area contributed by atoms with Crippen LogP contribution < -0.4 is 0 Å². The summed E-state index contributed by atoms with van der Waals surface area (Å²) < 4.78 is 13.2. The van der Waals surface area contributed by atoms with Crippen molar-refractivity contribution in [2.24, 2.45) is 0 Å². The van der Waals surface area contributed by atoms with E-state index in [1.54, 1.807) is 30.4 Å². The normalized spacial score (nSPS) is 15.2. The number of rotatable bonds is 3. The smallest absolute Gasteiger partial charge is 0.226 e. The molecule has 0 saturated carbocycles. The zero-order valence-electron chi connectivity index (χ0n) is 9.03. The van der Waals surface area contributed by atoms with Crippen molar-refractivity contribution < 1.29 is 9.18 Å². The average molecular weight is 219 g/mol. The van der Waals surface area contributed by atoms with Gasteiger partial charge in [0.05, 0.1) is 0 Å². The van der Waals surface area contributed by atoms with E-state index in [4.69, 9.17) is 0 Å². The molecular weight excluding hydrogens is 205 g/mol. The predicted molar refractivity (Wildman–Crippen MR) is 61.2 cm³/mol. The van der Waals surface area contributed by atoms with Gasteiger partial charge in [0.2, 0.25) is 5.91 Å². The first-order valence-electron chi connectivity index (χ1n) is 5.46. The Kier molecular flexibility index (Phi) is 3.34. The van der Waals surface area contributed by atoms with Crippen molar-refractivity contribution in [1.29, 1.82) is 0 Å². The monoisotopic (exact) mass is 219 g/mol. The molecule has 0 aliphatic carbocycles. The van der Waals surface area contributed by atoms with Crippen LogP contribution in [-0.4, -0.2) is 23.9 Å². The van der Waals surface area contributed by atoms with Gasteiger partial charge in [0, 0.05) is 25.1 Å². The molecule has 1 aromatic carbocycles. The summed E-state index contributed by atoms with van der Waals surface area (Å²) in [4.78, 5) is 13.3. The van der Waals surface area contributed by atoms with E-state index >= 15 is 0 Å². The van der Waals surface area contributed by atoms with Gasteiger partial charge in [-0.15, -0.1) is 0 Å². The molecule has 0 radical (unpaired) electrons. The van der Waals surface area contributed by atoms with Crippen molar-refractivity contribution in [2.45, 2.75) is 12.8 Å². The van der Waals surface area contributed by atoms with Gasteiger partial charge < -0.3 is 4.90 Å². The van der Waals surface area contributed by atoms with Crippen molar-refractivity contribution in [3.8, 4) is 0 Å². The summed E-state index contributed by atoms with van der Waals surface area (Å²) in [6, 6.07) is 6.54. The zero-order valence-corrected chi connectivity index (χ0v) is 9.03. The lowest BCUT2D eigenvalue weighted by Gasteiger charge is -2.30. The summed E-state index contributed by atoms with van der Waals surface area (Å²) in [5.41, 5.74) is 0.527. The topological polar surface area (TPSA) is 20.3 Å². The van der Waals surface area contributed by atoms with Crippen LogP contribution in [0.25, 0.3) is 6.08 Å². The largest absolute Gasteiger partial charge is 0.342 e. The summed E-state index contributed by atoms with van der Waals surface area (Å²) in [6.45, 7) is 1.73. The highest BCUT2D eigenvalue weighted by molar-refractivity contribution is 5.79. The second kappa shape index (κ2) is 4.92. The third-order valence-corrected chi connectivity index (χ3v) is 2.70. The number of nitrogens with zero attached hydrogens (tertiary/aromatic N) is 1. The zero-order chi connectivity index (χ0) is 11.4. The van der Waals surface area contributed by atoms with E-state index in [1.165, 1.54) is 6.07 Å². The summed E-state index contributed by atoms with van der Waals surface area (Å²) in [5, 5.41) is 0. The quantitative estimate of drug-likeness (QED) is 0.764. The number of carbonyl (C=O) groups excluding carboxylic acids is 1. The van der Waals surface area contributed by atoms with Crippen LogP contribution in [0.4, 0.5) is 4.39 Å². The molecule has 0 bridgehead atoms. The lowest BCUT2D eigenvalue weighted by atomic mass is 10.1. The Hall–Kier alpha value is -1.64. The number of likely N-dealkylation sites (tertiary alicyclic amines) is 1. The van der Waals surface area contributed by atoms with E-state index in [0.29, 0.717) is 12.0 Å². The molecule has 1 heterocycles. The van der Waals surface area contributed by atoms with Crippen LogP contribution in [0, 0.1) is 5.82 Å². The van der Waals surface area contributed by atoms with Gasteiger partial charge in [-0.05, 0) is 12.5 Å². The van der Waals surface area contributed by atoms with Gasteiger partial charge in [-0.2, -0.15) is 0 Å². The summed E-state index contributed by atoms with van der Waals surface area (Å²) in [5.74, 6) is -0.131. The Balaban J connectivity index is 1.89. The minimum atomic E-state index is -0.254. The summed E-state index contributed by atoms with van der Waals surface area (Å²) >= 11 is 0. The first-order chi connectivity index (χ1) is 7.77. The Morgan fingerprint density at radius 2 is 2.12 bits per heavy atom. The average Bonchev–Trinajstić information content (AvgIpc) is 2.18. The van der Waals surface area contributed by atoms with E-state index in [0.717, 1.165) is 19.5 Å². The number of benzene rings is 1. The van der Waals surface area contributed by atoms with E-state index in [1.807, 2.05) is 4.90 Å². The van der Waals surface area contributed by atoms with Crippen LogP contribution in [0.1, 0.15) is 18.4 Å². The lowest BCUT2D eigenvalue weighted by molar-refractivity contribution is -0.133. The molecule has 84 valence electrons. The van der Waals surface area contributed by atoms with Crippen LogP contribution in [-0.2, 0) is 4.79 Å². The Morgan fingerprint density at radius 3 is 2.75 bits per heavy atom. The summed E-state index contributed by atoms with van der Waals surface area (Å²) in [6.07, 6.45) is 4.84. The van der Waals surface area contributed by atoms with Crippen molar-refractivity contribution in [3.05, 3.63) is 41.7 Å². The highest BCUT2D eigenvalue weighted by Gasteiger charge is 2.18. The third kappa shape index (κ3) is 2.48. The second-order valence-corrected chi connectivity index (χ2v) is 3.86. The van der Waals surface area contributed by atoms with Crippen LogP contribution >= 0.6 is 0 Å². The molecule has 0 spiro atoms. The second-order valence-electron chi connectivity index (χ2n) is 3.86. The molecular formula is C13H14FNO. The van der Waals surface area contributed by atoms with Crippen LogP contribution in [0.15, 0.2) is 30.3 Å². The van der Waals surface area contributed by atoms with Gasteiger partial charge in [0.1, 0.15) is 5.82 Å². The molecule has 1 fully saturated rings. The van der Waals surface area contributed by atoms with E-state index < -0.39 is 0 Å². The van der Waals surface area contributed by atoms with Crippen molar-refractivity contribution in [1.82, 2.24) is 4.90 Å². The Bertz CT molecular complexity index is 410. The fourth-order valence-electron chi connectivity index (χ4n) is 1.59. The molecule has 0 aromatic heterocycles. The van der Waals surface area contributed by atoms with Crippen LogP contribution in [0.2, 0.25) is 0 Å². The summed E-state index contributed by atoms with van der Waals surface area (Å²) in [7, 11) is 0. The lowest BCUT2D eigenvalue weighted by Crippen LogP contribution is -2.41. The third-order valence-electron chi connectivity index (χ3n) is 2.70. The van der Waals surface area contributed by atoms with Gasteiger partial charge in [0.15, 0.2) is 0 Å². The number of carbonyl (C=O) groups is 1. The predicted octanol–water partition coefficient (Wildman–Crippen LogP) is 2.46. The molecule has 0 atom stereocenters. The fourth-order valence-corrected chi connectivity index (χ4v) is 1.59. The molecule has 3 heteroatoms. The van der Waals surface area contributed by atoms with E-state index in [2.05, 4.69) is 0 Å². The fraction of sp³-hybridized carbons (Fsp3) is 0.308. The first kappa shape index (κ1) is 10.9. The highest BCUT2D eigenvalue weighted by Crippen LogP contribution is 2.11. The minimum absolute atomic E-state index is 0.124. The maximum Gasteiger partial charge on any atom is 0.226 e. The number of amides is 1. The number of hydrogen-bond donors (Lipinski definition) is 0. The first-order valence-corrected chi connectivity index (χ1v) is 5.46. The number of halogens is 1. The standard InChI is InChI=1S/C13H14FNO/c14-12-7-2-1-5-11(12)6-3-8-13(16)15-9-4-10-15/h1-3,5-7H,4,8-10H2/b6-3+. The SMILES string of the molecule is O=C(C/C=C/c1ccccc1F)N1CCC1. The van der Waals surface area contributed by atoms with Crippen molar-refractivity contribution >= 4 is 12.0 Å². The molecule has 1 amide bonds. The minimum Gasteiger partial charge on any atom is -0.342 e. The molecule has 2 nitrogen and oxygen atoms in total. The molecule has 1 aliphatic rings. The van der Waals surface area contributed by atoms with Gasteiger partial charge >= 0.3 is 0 Å². The maximum absolute atomic E-state index is 13.2. The molecule has 1 aromatic rings. The Labute approximate surface area is 94.4 Å². The molecule has 0 N–H and O–H groups in total. The highest BCUT2D eigenvalue weighted by atomic mass is 19.1. The molecule has 1 aliphatic heterocycles. The van der Waals surface area contributed by atoms with Crippen molar-refractivity contribution in [2.75, 3.05) is 13.1 Å². The molecule has 1 saturated heterocycles. The number of hydrogen-bond acceptors (Lipinski definition) is 1.